The van der Waals surface area contributed by atoms with Crippen LogP contribution in [0.5, 0.6) is 5.75 Å². The van der Waals surface area contributed by atoms with Gasteiger partial charge in [0, 0.05) is 12.0 Å². The molecule has 0 saturated carbocycles. The Morgan fingerprint density at radius 3 is 2.88 bits per heavy atom. The summed E-state index contributed by atoms with van der Waals surface area (Å²) in [5.41, 5.74) is 7.16. The summed E-state index contributed by atoms with van der Waals surface area (Å²) in [6.07, 6.45) is 0.534. The normalized spacial score (nSPS) is 10.5. The van der Waals surface area contributed by atoms with Gasteiger partial charge in [0.2, 0.25) is 0 Å². The molecule has 1 aromatic heterocycles. The average Bonchev–Trinajstić information content (AvgIpc) is 2.78. The molecule has 6 heteroatoms. The number of nitrogens with two attached hydrogens (primary N) is 1. The third-order valence-electron chi connectivity index (χ3n) is 2.36. The van der Waals surface area contributed by atoms with Crippen molar-refractivity contribution in [2.45, 2.75) is 6.42 Å². The van der Waals surface area contributed by atoms with Gasteiger partial charge in [-0.25, -0.2) is 9.02 Å². The fourth-order valence-corrected chi connectivity index (χ4v) is 1.54. The molecule has 0 unspecified atom stereocenters. The highest BCUT2D eigenvalue weighted by Gasteiger charge is 2.13. The Labute approximate surface area is 97.3 Å². The first kappa shape index (κ1) is 11.5. The third-order valence-corrected chi connectivity index (χ3v) is 2.36. The van der Waals surface area contributed by atoms with Crippen LogP contribution in [-0.2, 0) is 6.42 Å². The number of rotatable bonds is 4. The van der Waals surface area contributed by atoms with E-state index in [1.165, 1.54) is 19.2 Å². The van der Waals surface area contributed by atoms with Crippen LogP contribution in [0, 0.1) is 5.82 Å². The highest BCUT2D eigenvalue weighted by molar-refractivity contribution is 5.62. The van der Waals surface area contributed by atoms with E-state index >= 15 is 0 Å². The van der Waals surface area contributed by atoms with Gasteiger partial charge in [-0.15, -0.1) is 0 Å². The van der Waals surface area contributed by atoms with Gasteiger partial charge in [-0.05, 0) is 29.9 Å². The first-order chi connectivity index (χ1) is 8.26. The molecule has 0 atom stereocenters. The number of benzene rings is 1. The van der Waals surface area contributed by atoms with Gasteiger partial charge in [0.05, 0.1) is 7.11 Å². The van der Waals surface area contributed by atoms with E-state index in [1.807, 2.05) is 0 Å². The summed E-state index contributed by atoms with van der Waals surface area (Å²) in [6.45, 7) is 0.430. The molecular formula is C11H12FN3O2. The molecule has 1 heterocycles. The van der Waals surface area contributed by atoms with E-state index < -0.39 is 5.82 Å². The lowest BCUT2D eigenvalue weighted by Gasteiger charge is -2.03. The van der Waals surface area contributed by atoms with Crippen LogP contribution in [0.2, 0.25) is 0 Å². The van der Waals surface area contributed by atoms with Gasteiger partial charge in [-0.2, -0.15) is 0 Å². The SMILES string of the molecule is COc1ccc(-c2nonc2CCN)cc1F. The van der Waals surface area contributed by atoms with Crippen LogP contribution < -0.4 is 10.5 Å². The van der Waals surface area contributed by atoms with Crippen molar-refractivity contribution < 1.29 is 13.8 Å². The predicted octanol–water partition coefficient (Wildman–Crippen LogP) is 1.39. The van der Waals surface area contributed by atoms with Crippen LogP contribution in [0.3, 0.4) is 0 Å². The Balaban J connectivity index is 2.39. The van der Waals surface area contributed by atoms with E-state index in [-0.39, 0.29) is 5.75 Å². The van der Waals surface area contributed by atoms with Gasteiger partial charge in [0.15, 0.2) is 11.6 Å². The molecule has 2 rings (SSSR count). The molecule has 0 bridgehead atoms. The number of methoxy groups -OCH3 is 1. The molecule has 0 radical (unpaired) electrons. The van der Waals surface area contributed by atoms with Crippen molar-refractivity contribution >= 4 is 0 Å². The van der Waals surface area contributed by atoms with Crippen LogP contribution in [-0.4, -0.2) is 24.0 Å². The number of ether oxygens (including phenoxy) is 1. The van der Waals surface area contributed by atoms with E-state index in [9.17, 15) is 4.39 Å². The Morgan fingerprint density at radius 1 is 1.41 bits per heavy atom. The minimum Gasteiger partial charge on any atom is -0.494 e. The lowest BCUT2D eigenvalue weighted by Crippen LogP contribution is -2.04. The second-order valence-electron chi connectivity index (χ2n) is 3.45. The van der Waals surface area contributed by atoms with E-state index in [1.54, 1.807) is 6.07 Å². The molecule has 0 saturated heterocycles. The maximum Gasteiger partial charge on any atom is 0.165 e. The summed E-state index contributed by atoms with van der Waals surface area (Å²) >= 11 is 0. The average molecular weight is 237 g/mol. The molecule has 5 nitrogen and oxygen atoms in total. The van der Waals surface area contributed by atoms with Crippen molar-refractivity contribution in [2.24, 2.45) is 5.73 Å². The molecule has 0 aliphatic rings. The summed E-state index contributed by atoms with van der Waals surface area (Å²) in [6, 6.07) is 4.56. The third kappa shape index (κ3) is 2.26. The zero-order valence-electron chi connectivity index (χ0n) is 9.31. The maximum absolute atomic E-state index is 13.5. The van der Waals surface area contributed by atoms with Gasteiger partial charge < -0.3 is 10.5 Å². The highest BCUT2D eigenvalue weighted by atomic mass is 19.1. The van der Waals surface area contributed by atoms with Gasteiger partial charge >= 0.3 is 0 Å². The topological polar surface area (TPSA) is 74.2 Å². The van der Waals surface area contributed by atoms with Gasteiger partial charge in [0.25, 0.3) is 0 Å². The largest absolute Gasteiger partial charge is 0.494 e. The van der Waals surface area contributed by atoms with Crippen LogP contribution in [0.4, 0.5) is 4.39 Å². The van der Waals surface area contributed by atoms with Crippen LogP contribution in [0.1, 0.15) is 5.69 Å². The molecule has 0 spiro atoms. The van der Waals surface area contributed by atoms with Gasteiger partial charge in [0.1, 0.15) is 11.4 Å². The minimum absolute atomic E-state index is 0.186. The van der Waals surface area contributed by atoms with Crippen molar-refractivity contribution in [1.29, 1.82) is 0 Å². The lowest BCUT2D eigenvalue weighted by molar-refractivity contribution is 0.304. The number of hydrogen-bond donors (Lipinski definition) is 1. The first-order valence-electron chi connectivity index (χ1n) is 5.11. The molecule has 0 aliphatic heterocycles. The summed E-state index contributed by atoms with van der Waals surface area (Å²) in [5, 5.41) is 7.49. The molecule has 0 aliphatic carbocycles. The quantitative estimate of drug-likeness (QED) is 0.869. The van der Waals surface area contributed by atoms with Gasteiger partial charge in [-0.3, -0.25) is 0 Å². The Kier molecular flexibility index (Phi) is 3.34. The molecular weight excluding hydrogens is 225 g/mol. The Morgan fingerprint density at radius 2 is 2.24 bits per heavy atom. The maximum atomic E-state index is 13.5. The smallest absolute Gasteiger partial charge is 0.165 e. The van der Waals surface area contributed by atoms with Crippen molar-refractivity contribution in [2.75, 3.05) is 13.7 Å². The number of aromatic nitrogens is 2. The predicted molar refractivity (Wildman–Crippen MR) is 59.0 cm³/mol. The fraction of sp³-hybridized carbons (Fsp3) is 0.273. The summed E-state index contributed by atoms with van der Waals surface area (Å²) < 4.78 is 23.0. The molecule has 0 amide bonds. The van der Waals surface area contributed by atoms with Crippen molar-refractivity contribution in [3.8, 4) is 17.0 Å². The Hall–Kier alpha value is -1.95. The standard InChI is InChI=1S/C11H12FN3O2/c1-16-10-3-2-7(6-8(10)12)11-9(4-5-13)14-17-15-11/h2-3,6H,4-5,13H2,1H3. The van der Waals surface area contributed by atoms with Gasteiger partial charge in [-0.1, -0.05) is 5.16 Å². The highest BCUT2D eigenvalue weighted by Crippen LogP contribution is 2.26. The molecule has 90 valence electrons. The molecule has 2 aromatic rings. The monoisotopic (exact) mass is 237 g/mol. The number of hydrogen-bond acceptors (Lipinski definition) is 5. The zero-order chi connectivity index (χ0) is 12.3. The number of nitrogens with zero attached hydrogens (tertiary/aromatic N) is 2. The van der Waals surface area contributed by atoms with Crippen molar-refractivity contribution in [3.05, 3.63) is 29.7 Å². The first-order valence-corrected chi connectivity index (χ1v) is 5.11. The van der Waals surface area contributed by atoms with Crippen LogP contribution in [0.25, 0.3) is 11.3 Å². The second-order valence-corrected chi connectivity index (χ2v) is 3.45. The van der Waals surface area contributed by atoms with Crippen LogP contribution in [0.15, 0.2) is 22.8 Å². The van der Waals surface area contributed by atoms with Crippen LogP contribution >= 0.6 is 0 Å². The van der Waals surface area contributed by atoms with Crippen molar-refractivity contribution in [3.63, 3.8) is 0 Å². The molecule has 1 aromatic carbocycles. The fourth-order valence-electron chi connectivity index (χ4n) is 1.54. The molecule has 0 fully saturated rings. The molecule has 2 N–H and O–H groups in total. The van der Waals surface area contributed by atoms with E-state index in [4.69, 9.17) is 10.5 Å². The summed E-state index contributed by atoms with van der Waals surface area (Å²) in [4.78, 5) is 0. The Bertz CT molecular complexity index is 513. The van der Waals surface area contributed by atoms with E-state index in [0.29, 0.717) is 29.9 Å². The number of halogens is 1. The zero-order valence-corrected chi connectivity index (χ0v) is 9.31. The second kappa shape index (κ2) is 4.92. The van der Waals surface area contributed by atoms with E-state index in [0.717, 1.165) is 0 Å². The van der Waals surface area contributed by atoms with E-state index in [2.05, 4.69) is 14.9 Å². The van der Waals surface area contributed by atoms with Crippen molar-refractivity contribution in [1.82, 2.24) is 10.3 Å². The minimum atomic E-state index is -0.452. The summed E-state index contributed by atoms with van der Waals surface area (Å²) in [5.74, 6) is -0.266. The lowest BCUT2D eigenvalue weighted by atomic mass is 10.1. The summed E-state index contributed by atoms with van der Waals surface area (Å²) in [7, 11) is 1.41. The molecule has 17 heavy (non-hydrogen) atoms.